The molecule has 9 heteroatoms. The van der Waals surface area contributed by atoms with Crippen molar-refractivity contribution in [3.63, 3.8) is 0 Å². The molecule has 0 spiro atoms. The molecule has 5 aliphatic heterocycles. The summed E-state index contributed by atoms with van der Waals surface area (Å²) in [6, 6.07) is 0. The van der Waals surface area contributed by atoms with E-state index < -0.39 is 0 Å². The molecule has 5 heterocycles. The van der Waals surface area contributed by atoms with Crippen molar-refractivity contribution in [3.8, 4) is 0 Å². The van der Waals surface area contributed by atoms with Crippen LogP contribution in [-0.4, -0.2) is 49.3 Å². The van der Waals surface area contributed by atoms with Gasteiger partial charge in [-0.2, -0.15) is 0 Å². The second kappa shape index (κ2) is 12.2. The van der Waals surface area contributed by atoms with Crippen LogP contribution >= 0.6 is 0 Å². The van der Waals surface area contributed by atoms with Crippen LogP contribution in [-0.2, 0) is 0 Å². The van der Waals surface area contributed by atoms with Crippen LogP contribution in [0.2, 0.25) is 0 Å². The summed E-state index contributed by atoms with van der Waals surface area (Å²) in [7, 11) is 0. The third-order valence-corrected chi connectivity index (χ3v) is 13.8. The van der Waals surface area contributed by atoms with E-state index in [0.717, 1.165) is 47.3 Å². The molecule has 9 rings (SSSR count). The van der Waals surface area contributed by atoms with Crippen LogP contribution < -0.4 is 42.5 Å². The van der Waals surface area contributed by atoms with Crippen LogP contribution in [0.4, 0.5) is 0 Å². The summed E-state index contributed by atoms with van der Waals surface area (Å²) < 4.78 is 0. The zero-order chi connectivity index (χ0) is 26.2. The molecule has 5 saturated heterocycles. The maximum absolute atomic E-state index is 4.26. The van der Waals surface area contributed by atoms with Gasteiger partial charge in [0.15, 0.2) is 0 Å². The van der Waals surface area contributed by atoms with E-state index >= 15 is 0 Å². The molecule has 41 heavy (non-hydrogen) atoms. The fourth-order valence-electron chi connectivity index (χ4n) is 12.0. The molecule has 8 bridgehead atoms. The molecular weight excluding hydrogens is 734 g/mol. The Bertz CT molecular complexity index is 716. The van der Waals surface area contributed by atoms with E-state index in [1.54, 1.807) is 0 Å². The summed E-state index contributed by atoms with van der Waals surface area (Å²) in [4.78, 5) is 0. The van der Waals surface area contributed by atoms with Crippen LogP contribution in [0.15, 0.2) is 0 Å². The average Bonchev–Trinajstić information content (AvgIpc) is 3.73. The number of rotatable bonds is 0. The fraction of sp³-hybridized carbons (Fsp3) is 1.00. The average molecular weight is 791 g/mol. The van der Waals surface area contributed by atoms with Gasteiger partial charge in [-0.3, -0.25) is 42.5 Å². The van der Waals surface area contributed by atoms with Crippen molar-refractivity contribution in [1.29, 1.82) is 0 Å². The summed E-state index contributed by atoms with van der Waals surface area (Å²) in [5.41, 5.74) is 0. The van der Waals surface area contributed by atoms with Gasteiger partial charge in [-0.1, -0.05) is 51.4 Å². The van der Waals surface area contributed by atoms with Gasteiger partial charge in [-0.25, -0.2) is 0 Å². The molecule has 8 atom stereocenters. The maximum Gasteiger partial charge on any atom is 0.0628 e. The van der Waals surface area contributed by atoms with Crippen molar-refractivity contribution < 1.29 is 31.1 Å². The van der Waals surface area contributed by atoms with Crippen molar-refractivity contribution in [2.24, 2.45) is 47.3 Å². The van der Waals surface area contributed by atoms with E-state index in [2.05, 4.69) is 42.5 Å². The quantitative estimate of drug-likeness (QED) is 0.190. The summed E-state index contributed by atoms with van der Waals surface area (Å²) in [5, 5.41) is 33.8. The molecule has 0 aromatic rings. The van der Waals surface area contributed by atoms with Crippen LogP contribution in [0.1, 0.15) is 103 Å². The zero-order valence-electron chi connectivity index (χ0n) is 25.1. The summed E-state index contributed by atoms with van der Waals surface area (Å²) in [6.45, 7) is 0. The van der Waals surface area contributed by atoms with E-state index in [0.29, 0.717) is 49.3 Å². The van der Waals surface area contributed by atoms with Gasteiger partial charge in [0, 0.05) is 31.1 Å². The van der Waals surface area contributed by atoms with Gasteiger partial charge in [0.05, 0.1) is 49.3 Å². The normalized spacial score (nSPS) is 56.2. The summed E-state index contributed by atoms with van der Waals surface area (Å²) in [6.07, 6.45) is 25.6. The molecule has 9 fully saturated rings. The molecule has 0 radical (unpaired) electrons. The molecule has 228 valence electrons. The van der Waals surface area contributed by atoms with E-state index in [9.17, 15) is 0 Å². The van der Waals surface area contributed by atoms with Gasteiger partial charge in [0.25, 0.3) is 0 Å². The van der Waals surface area contributed by atoms with E-state index in [4.69, 9.17) is 0 Å². The topological polar surface area (TPSA) is 96.2 Å². The largest absolute Gasteiger partial charge is 0.286 e. The molecule has 0 amide bonds. The van der Waals surface area contributed by atoms with Crippen molar-refractivity contribution in [3.05, 3.63) is 0 Å². The van der Waals surface area contributed by atoms with Gasteiger partial charge in [-0.05, 0) is 98.7 Å². The van der Waals surface area contributed by atoms with Gasteiger partial charge >= 0.3 is 0 Å². The number of hydrogen-bond donors (Lipinski definition) is 8. The summed E-state index contributed by atoms with van der Waals surface area (Å²) in [5.74, 6) is 5.97. The Morgan fingerprint density at radius 1 is 0.220 bits per heavy atom. The monoisotopic (exact) mass is 791 g/mol. The minimum absolute atomic E-state index is 0. The van der Waals surface area contributed by atoms with Crippen molar-refractivity contribution in [2.45, 2.75) is 152 Å². The minimum atomic E-state index is 0. The number of fused-ring (bicyclic) bond motifs is 20. The van der Waals surface area contributed by atoms with Gasteiger partial charge < -0.3 is 0 Å². The van der Waals surface area contributed by atoms with Gasteiger partial charge in [-0.15, -0.1) is 0 Å². The SMILES string of the molecule is C1CCC2C3NC(NC4NC(NC5NC(NC6NC(N3)C3CCCCC63)C3CCCCC53)C3CCCCC43)C2C1.[U]. The van der Waals surface area contributed by atoms with E-state index in [1.165, 1.54) is 103 Å². The molecular formula is C32H56N8U. The third-order valence-electron chi connectivity index (χ3n) is 13.8. The molecule has 4 aliphatic carbocycles. The molecule has 8 nitrogen and oxygen atoms in total. The summed E-state index contributed by atoms with van der Waals surface area (Å²) >= 11 is 0. The molecule has 8 N–H and O–H groups in total. The Morgan fingerprint density at radius 2 is 0.341 bits per heavy atom. The van der Waals surface area contributed by atoms with E-state index in [-0.39, 0.29) is 31.1 Å². The zero-order valence-corrected chi connectivity index (χ0v) is 29.2. The molecule has 0 aromatic carbocycles. The first-order valence-electron chi connectivity index (χ1n) is 17.9. The minimum Gasteiger partial charge on any atom is -0.286 e. The second-order valence-electron chi connectivity index (χ2n) is 15.6. The van der Waals surface area contributed by atoms with Crippen LogP contribution in [0.25, 0.3) is 0 Å². The van der Waals surface area contributed by atoms with Gasteiger partial charge in [0.2, 0.25) is 0 Å². The molecule has 4 saturated carbocycles. The first kappa shape index (κ1) is 29.2. The second-order valence-corrected chi connectivity index (χ2v) is 15.6. The Balaban J connectivity index is 0.00000256. The maximum atomic E-state index is 4.26. The molecule has 9 aliphatic rings. The smallest absolute Gasteiger partial charge is 0.0628 e. The molecule has 8 unspecified atom stereocenters. The standard InChI is InChI=1S/C32H56N8.U/c1-2-10-18-17(9-1)25-33-26(18)38-28-21-13-5-6-14-22(21)30(35-28)40-32-24-16-8-7-15-23(24)31(36-32)39-29-20-12-4-3-11-19(20)27(34-29)37-25;/h17-40H,1-16H2;. The Hall–Kier alpha value is 0.732. The third kappa shape index (κ3) is 5.17. The van der Waals surface area contributed by atoms with E-state index in [1.807, 2.05) is 0 Å². The van der Waals surface area contributed by atoms with Crippen LogP contribution in [0, 0.1) is 78.5 Å². The predicted molar refractivity (Wildman–Crippen MR) is 157 cm³/mol. The van der Waals surface area contributed by atoms with Crippen molar-refractivity contribution in [1.82, 2.24) is 42.5 Å². The predicted octanol–water partition coefficient (Wildman–Crippen LogP) is 2.61. The number of nitrogens with one attached hydrogen (secondary N) is 8. The number of hydrogen-bond acceptors (Lipinski definition) is 8. The first-order valence-corrected chi connectivity index (χ1v) is 17.9. The van der Waals surface area contributed by atoms with Crippen LogP contribution in [0.5, 0.6) is 0 Å². The van der Waals surface area contributed by atoms with Crippen molar-refractivity contribution in [2.75, 3.05) is 0 Å². The first-order chi connectivity index (χ1) is 19.8. The van der Waals surface area contributed by atoms with Crippen molar-refractivity contribution >= 4 is 0 Å². The van der Waals surface area contributed by atoms with Gasteiger partial charge in [0.1, 0.15) is 0 Å². The Labute approximate surface area is 271 Å². The van der Waals surface area contributed by atoms with Crippen LogP contribution in [0.3, 0.4) is 0 Å². The Morgan fingerprint density at radius 3 is 0.463 bits per heavy atom. The fourth-order valence-corrected chi connectivity index (χ4v) is 12.0. The molecule has 0 aromatic heterocycles. The Kier molecular flexibility index (Phi) is 8.64.